The third kappa shape index (κ3) is 2.38. The van der Waals surface area contributed by atoms with E-state index in [1.165, 1.54) is 0 Å². The summed E-state index contributed by atoms with van der Waals surface area (Å²) in [5.74, 6) is 0.688. The average Bonchev–Trinajstić information content (AvgIpc) is 2.86. The highest BCUT2D eigenvalue weighted by Gasteiger charge is 2.16. The number of aliphatic hydroxyl groups is 1. The molecule has 0 aliphatic rings. The first-order valence-electron chi connectivity index (χ1n) is 6.10. The number of hydrogen-bond donors (Lipinski definition) is 1. The third-order valence-electron chi connectivity index (χ3n) is 3.04. The molecule has 0 bridgehead atoms. The number of benzene rings is 1. The second-order valence-corrected chi connectivity index (χ2v) is 4.46. The molecule has 0 aliphatic heterocycles. The van der Waals surface area contributed by atoms with Crippen LogP contribution in [0.3, 0.4) is 0 Å². The van der Waals surface area contributed by atoms with Gasteiger partial charge >= 0.3 is 0 Å². The van der Waals surface area contributed by atoms with Gasteiger partial charge < -0.3 is 14.6 Å². The minimum absolute atomic E-state index is 0.681. The summed E-state index contributed by atoms with van der Waals surface area (Å²) in [6, 6.07) is 7.88. The molecule has 1 unspecified atom stereocenters. The van der Waals surface area contributed by atoms with Crippen molar-refractivity contribution < 1.29 is 5.11 Å². The van der Waals surface area contributed by atoms with Crippen LogP contribution in [-0.4, -0.2) is 28.8 Å². The van der Waals surface area contributed by atoms with Crippen molar-refractivity contribution in [3.05, 3.63) is 48.0 Å². The number of imidazole rings is 1. The first kappa shape index (κ1) is 12.6. The summed E-state index contributed by atoms with van der Waals surface area (Å²) >= 11 is 0. The fourth-order valence-electron chi connectivity index (χ4n) is 1.96. The molecule has 0 aliphatic carbocycles. The van der Waals surface area contributed by atoms with Gasteiger partial charge in [-0.2, -0.15) is 0 Å². The van der Waals surface area contributed by atoms with E-state index in [0.29, 0.717) is 5.82 Å². The molecule has 0 fully saturated rings. The Hall–Kier alpha value is -1.81. The van der Waals surface area contributed by atoms with E-state index in [1.54, 1.807) is 6.20 Å². The lowest BCUT2D eigenvalue weighted by atomic mass is 10.1. The number of nitrogens with zero attached hydrogens (tertiary/aromatic N) is 3. The molecule has 0 saturated carbocycles. The number of anilines is 1. The van der Waals surface area contributed by atoms with Gasteiger partial charge in [-0.25, -0.2) is 4.98 Å². The quantitative estimate of drug-likeness (QED) is 0.896. The van der Waals surface area contributed by atoms with Gasteiger partial charge in [0.2, 0.25) is 0 Å². The Morgan fingerprint density at radius 1 is 1.39 bits per heavy atom. The molecule has 2 aromatic rings. The molecule has 1 heterocycles. The summed E-state index contributed by atoms with van der Waals surface area (Å²) in [5.41, 5.74) is 1.93. The summed E-state index contributed by atoms with van der Waals surface area (Å²) in [6.45, 7) is 2.84. The summed E-state index contributed by atoms with van der Waals surface area (Å²) in [4.78, 5) is 6.25. The molecular formula is C14H19N3O. The molecular weight excluding hydrogens is 226 g/mol. The number of aliphatic hydroxyl groups excluding tert-OH is 1. The van der Waals surface area contributed by atoms with E-state index in [0.717, 1.165) is 17.8 Å². The molecule has 0 amide bonds. The second-order valence-electron chi connectivity index (χ2n) is 4.46. The molecule has 0 spiro atoms. The molecule has 96 valence electrons. The number of aromatic nitrogens is 2. The number of rotatable bonds is 4. The van der Waals surface area contributed by atoms with Crippen molar-refractivity contribution in [2.24, 2.45) is 0 Å². The molecule has 2 rings (SSSR count). The average molecular weight is 245 g/mol. The maximum absolute atomic E-state index is 10.4. The van der Waals surface area contributed by atoms with Crippen molar-refractivity contribution in [2.45, 2.75) is 19.6 Å². The Morgan fingerprint density at radius 3 is 2.83 bits per heavy atom. The zero-order chi connectivity index (χ0) is 13.1. The van der Waals surface area contributed by atoms with Gasteiger partial charge in [0.15, 0.2) is 0 Å². The normalized spacial score (nSPS) is 12.4. The molecule has 1 N–H and O–H groups in total. The van der Waals surface area contributed by atoms with Crippen molar-refractivity contribution in [2.75, 3.05) is 19.0 Å². The fraction of sp³-hybridized carbons (Fsp3) is 0.357. The standard InChI is InChI=1S/C14H19N3O/c1-4-17-9-8-15-14(17)13(18)11-6-5-7-12(10-11)16(2)3/h5-10,13,18H,4H2,1-3H3. The van der Waals surface area contributed by atoms with E-state index in [-0.39, 0.29) is 0 Å². The first-order chi connectivity index (χ1) is 8.63. The molecule has 4 heteroatoms. The number of aryl methyl sites for hydroxylation is 1. The molecule has 1 atom stereocenters. The lowest BCUT2D eigenvalue weighted by Gasteiger charge is -2.16. The van der Waals surface area contributed by atoms with Gasteiger partial charge in [0, 0.05) is 38.7 Å². The van der Waals surface area contributed by atoms with Crippen LogP contribution < -0.4 is 4.90 Å². The molecule has 1 aromatic heterocycles. The van der Waals surface area contributed by atoms with E-state index >= 15 is 0 Å². The van der Waals surface area contributed by atoms with Crippen molar-refractivity contribution in [3.63, 3.8) is 0 Å². The van der Waals surface area contributed by atoms with Gasteiger partial charge in [-0.15, -0.1) is 0 Å². The summed E-state index contributed by atoms with van der Waals surface area (Å²) in [5, 5.41) is 10.4. The van der Waals surface area contributed by atoms with E-state index in [9.17, 15) is 5.11 Å². The predicted molar refractivity (Wildman–Crippen MR) is 72.7 cm³/mol. The molecule has 0 radical (unpaired) electrons. The highest BCUT2D eigenvalue weighted by Crippen LogP contribution is 2.24. The Kier molecular flexibility index (Phi) is 3.67. The molecule has 0 saturated heterocycles. The van der Waals surface area contributed by atoms with Crippen LogP contribution >= 0.6 is 0 Å². The molecule has 1 aromatic carbocycles. The highest BCUT2D eigenvalue weighted by atomic mass is 16.3. The number of hydrogen-bond acceptors (Lipinski definition) is 3. The van der Waals surface area contributed by atoms with Crippen molar-refractivity contribution in [3.8, 4) is 0 Å². The van der Waals surface area contributed by atoms with Crippen LogP contribution in [0.25, 0.3) is 0 Å². The lowest BCUT2D eigenvalue weighted by molar-refractivity contribution is 0.205. The molecule has 18 heavy (non-hydrogen) atoms. The van der Waals surface area contributed by atoms with Crippen LogP contribution in [0.5, 0.6) is 0 Å². The van der Waals surface area contributed by atoms with Gasteiger partial charge in [-0.3, -0.25) is 0 Å². The maximum atomic E-state index is 10.4. The summed E-state index contributed by atoms with van der Waals surface area (Å²) < 4.78 is 1.95. The van der Waals surface area contributed by atoms with E-state index in [1.807, 2.05) is 60.9 Å². The zero-order valence-electron chi connectivity index (χ0n) is 11.0. The van der Waals surface area contributed by atoms with Gasteiger partial charge in [-0.1, -0.05) is 12.1 Å². The lowest BCUT2D eigenvalue weighted by Crippen LogP contribution is -2.11. The molecule has 4 nitrogen and oxygen atoms in total. The van der Waals surface area contributed by atoms with Crippen molar-refractivity contribution >= 4 is 5.69 Å². The van der Waals surface area contributed by atoms with E-state index in [2.05, 4.69) is 4.98 Å². The maximum Gasteiger partial charge on any atom is 0.142 e. The van der Waals surface area contributed by atoms with Crippen LogP contribution in [0.2, 0.25) is 0 Å². The van der Waals surface area contributed by atoms with E-state index in [4.69, 9.17) is 0 Å². The largest absolute Gasteiger partial charge is 0.380 e. The van der Waals surface area contributed by atoms with Crippen LogP contribution in [-0.2, 0) is 6.54 Å². The van der Waals surface area contributed by atoms with Gasteiger partial charge in [0.1, 0.15) is 11.9 Å². The van der Waals surface area contributed by atoms with Crippen LogP contribution in [0.15, 0.2) is 36.7 Å². The predicted octanol–water partition coefficient (Wildman–Crippen LogP) is 2.05. The van der Waals surface area contributed by atoms with Crippen LogP contribution in [0, 0.1) is 0 Å². The third-order valence-corrected chi connectivity index (χ3v) is 3.04. The summed E-state index contributed by atoms with van der Waals surface area (Å²) in [7, 11) is 3.97. The van der Waals surface area contributed by atoms with Crippen LogP contribution in [0.4, 0.5) is 5.69 Å². The smallest absolute Gasteiger partial charge is 0.142 e. The SMILES string of the molecule is CCn1ccnc1C(O)c1cccc(N(C)C)c1. The topological polar surface area (TPSA) is 41.3 Å². The van der Waals surface area contributed by atoms with Gasteiger partial charge in [0.05, 0.1) is 0 Å². The zero-order valence-corrected chi connectivity index (χ0v) is 11.0. The van der Waals surface area contributed by atoms with E-state index < -0.39 is 6.10 Å². The van der Waals surface area contributed by atoms with Gasteiger partial charge in [0.25, 0.3) is 0 Å². The fourth-order valence-corrected chi connectivity index (χ4v) is 1.96. The highest BCUT2D eigenvalue weighted by molar-refractivity contribution is 5.48. The Morgan fingerprint density at radius 2 is 2.17 bits per heavy atom. The Bertz CT molecular complexity index is 519. The first-order valence-corrected chi connectivity index (χ1v) is 6.10. The van der Waals surface area contributed by atoms with Crippen molar-refractivity contribution in [1.82, 2.24) is 9.55 Å². The van der Waals surface area contributed by atoms with Crippen molar-refractivity contribution in [1.29, 1.82) is 0 Å². The van der Waals surface area contributed by atoms with Gasteiger partial charge in [-0.05, 0) is 24.6 Å². The monoisotopic (exact) mass is 245 g/mol. The minimum Gasteiger partial charge on any atom is -0.380 e. The Labute approximate surface area is 108 Å². The van der Waals surface area contributed by atoms with Crippen LogP contribution in [0.1, 0.15) is 24.4 Å². The summed E-state index contributed by atoms with van der Waals surface area (Å²) in [6.07, 6.45) is 2.92. The second kappa shape index (κ2) is 5.23. The minimum atomic E-state index is -0.681. The Balaban J connectivity index is 2.34.